The number of carbonyl (C=O) groups is 2. The fourth-order valence-corrected chi connectivity index (χ4v) is 3.86. The first-order chi connectivity index (χ1) is 12.1. The number of hydrogen-bond acceptors (Lipinski definition) is 3. The van der Waals surface area contributed by atoms with Gasteiger partial charge in [-0.05, 0) is 36.2 Å². The maximum absolute atomic E-state index is 12.9. The molecule has 0 bridgehead atoms. The second-order valence-electron chi connectivity index (χ2n) is 5.82. The third-order valence-corrected chi connectivity index (χ3v) is 5.10. The highest BCUT2D eigenvalue weighted by Gasteiger charge is 2.34. The lowest BCUT2D eigenvalue weighted by Gasteiger charge is -2.23. The van der Waals surface area contributed by atoms with Crippen LogP contribution >= 0.6 is 11.8 Å². The molecule has 2 aromatic rings. The molecule has 1 unspecified atom stereocenters. The summed E-state index contributed by atoms with van der Waals surface area (Å²) in [5, 5.41) is 2.88. The fraction of sp³-hybridized carbons (Fsp3) is 0.263. The number of nitrogens with one attached hydrogen (secondary N) is 1. The van der Waals surface area contributed by atoms with Crippen molar-refractivity contribution in [3.8, 4) is 0 Å². The molecule has 2 amide bonds. The molecule has 6 heteroatoms. The minimum atomic E-state index is -0.453. The van der Waals surface area contributed by atoms with E-state index in [2.05, 4.69) is 5.32 Å². The Balaban J connectivity index is 1.55. The second kappa shape index (κ2) is 8.16. The monoisotopic (exact) mass is 358 g/mol. The average molecular weight is 358 g/mol. The minimum absolute atomic E-state index is 0.121. The molecule has 1 saturated heterocycles. The van der Waals surface area contributed by atoms with Gasteiger partial charge >= 0.3 is 0 Å². The standard InChI is InChI=1S/C19H19FN2O2S/c20-16-8-6-14(7-9-16)10-11-21-18(23)17-12-25-13-22(17)19(24)15-4-2-1-3-5-15/h1-9,17H,10-13H2,(H,21,23). The lowest BCUT2D eigenvalue weighted by Crippen LogP contribution is -2.47. The van der Waals surface area contributed by atoms with Crippen LogP contribution in [0.1, 0.15) is 15.9 Å². The van der Waals surface area contributed by atoms with E-state index in [0.29, 0.717) is 30.2 Å². The Labute approximate surface area is 150 Å². The van der Waals surface area contributed by atoms with Gasteiger partial charge in [-0.2, -0.15) is 0 Å². The normalized spacial score (nSPS) is 16.7. The Morgan fingerprint density at radius 3 is 2.56 bits per heavy atom. The van der Waals surface area contributed by atoms with Crippen LogP contribution in [0.2, 0.25) is 0 Å². The number of amides is 2. The third-order valence-electron chi connectivity index (χ3n) is 4.09. The molecule has 1 heterocycles. The van der Waals surface area contributed by atoms with E-state index in [1.165, 1.54) is 12.1 Å². The summed E-state index contributed by atoms with van der Waals surface area (Å²) < 4.78 is 12.9. The zero-order valence-electron chi connectivity index (χ0n) is 13.7. The van der Waals surface area contributed by atoms with Crippen molar-refractivity contribution in [2.45, 2.75) is 12.5 Å². The molecule has 130 valence electrons. The summed E-state index contributed by atoms with van der Waals surface area (Å²) >= 11 is 1.58. The van der Waals surface area contributed by atoms with Crippen LogP contribution < -0.4 is 5.32 Å². The van der Waals surface area contributed by atoms with Gasteiger partial charge in [-0.25, -0.2) is 4.39 Å². The van der Waals surface area contributed by atoms with Gasteiger partial charge < -0.3 is 10.2 Å². The van der Waals surface area contributed by atoms with Gasteiger partial charge in [-0.15, -0.1) is 11.8 Å². The first kappa shape index (κ1) is 17.5. The highest BCUT2D eigenvalue weighted by atomic mass is 32.2. The van der Waals surface area contributed by atoms with E-state index in [1.807, 2.05) is 18.2 Å². The first-order valence-electron chi connectivity index (χ1n) is 8.11. The molecule has 0 spiro atoms. The number of nitrogens with zero attached hydrogens (tertiary/aromatic N) is 1. The maximum Gasteiger partial charge on any atom is 0.255 e. The Morgan fingerprint density at radius 1 is 1.12 bits per heavy atom. The molecule has 25 heavy (non-hydrogen) atoms. The van der Waals surface area contributed by atoms with Crippen LogP contribution in [0.3, 0.4) is 0 Å². The van der Waals surface area contributed by atoms with Crippen LogP contribution in [0.4, 0.5) is 4.39 Å². The Kier molecular flexibility index (Phi) is 5.71. The molecule has 0 radical (unpaired) electrons. The predicted molar refractivity (Wildman–Crippen MR) is 96.8 cm³/mol. The van der Waals surface area contributed by atoms with Crippen molar-refractivity contribution in [2.75, 3.05) is 18.2 Å². The second-order valence-corrected chi connectivity index (χ2v) is 6.82. The molecule has 1 N–H and O–H groups in total. The summed E-state index contributed by atoms with van der Waals surface area (Å²) in [6.07, 6.45) is 0.624. The molecule has 0 aromatic heterocycles. The molecular weight excluding hydrogens is 339 g/mol. The molecule has 4 nitrogen and oxygen atoms in total. The van der Waals surface area contributed by atoms with E-state index in [1.54, 1.807) is 40.9 Å². The summed E-state index contributed by atoms with van der Waals surface area (Å²) in [5.41, 5.74) is 1.55. The smallest absolute Gasteiger partial charge is 0.255 e. The zero-order valence-corrected chi connectivity index (χ0v) is 14.5. The summed E-state index contributed by atoms with van der Waals surface area (Å²) in [6, 6.07) is 14.8. The van der Waals surface area contributed by atoms with Crippen LogP contribution in [0.25, 0.3) is 0 Å². The van der Waals surface area contributed by atoms with Crippen LogP contribution in [0.5, 0.6) is 0 Å². The van der Waals surface area contributed by atoms with E-state index in [9.17, 15) is 14.0 Å². The molecule has 1 aliphatic heterocycles. The van der Waals surface area contributed by atoms with E-state index in [-0.39, 0.29) is 17.6 Å². The zero-order chi connectivity index (χ0) is 17.6. The van der Waals surface area contributed by atoms with Crippen LogP contribution in [-0.4, -0.2) is 40.9 Å². The number of benzene rings is 2. The van der Waals surface area contributed by atoms with Crippen molar-refractivity contribution in [2.24, 2.45) is 0 Å². The van der Waals surface area contributed by atoms with Gasteiger partial charge in [-0.1, -0.05) is 30.3 Å². The van der Waals surface area contributed by atoms with Gasteiger partial charge in [0.1, 0.15) is 11.9 Å². The van der Waals surface area contributed by atoms with Gasteiger partial charge in [0.05, 0.1) is 5.88 Å². The van der Waals surface area contributed by atoms with Gasteiger partial charge in [0, 0.05) is 17.9 Å². The minimum Gasteiger partial charge on any atom is -0.354 e. The summed E-state index contributed by atoms with van der Waals surface area (Å²) in [4.78, 5) is 26.7. The van der Waals surface area contributed by atoms with Crippen LogP contribution in [0, 0.1) is 5.82 Å². The Bertz CT molecular complexity index is 737. The highest BCUT2D eigenvalue weighted by molar-refractivity contribution is 7.99. The molecule has 1 fully saturated rings. The number of rotatable bonds is 5. The molecule has 0 saturated carbocycles. The Morgan fingerprint density at radius 2 is 1.84 bits per heavy atom. The van der Waals surface area contributed by atoms with Crippen molar-refractivity contribution in [3.05, 3.63) is 71.5 Å². The van der Waals surface area contributed by atoms with Gasteiger partial charge in [-0.3, -0.25) is 9.59 Å². The molecule has 3 rings (SSSR count). The fourth-order valence-electron chi connectivity index (χ4n) is 2.71. The lowest BCUT2D eigenvalue weighted by atomic mass is 10.1. The molecule has 1 aliphatic rings. The van der Waals surface area contributed by atoms with Gasteiger partial charge in [0.2, 0.25) is 5.91 Å². The van der Waals surface area contributed by atoms with Crippen molar-refractivity contribution in [3.63, 3.8) is 0 Å². The van der Waals surface area contributed by atoms with Crippen molar-refractivity contribution in [1.29, 1.82) is 0 Å². The maximum atomic E-state index is 12.9. The average Bonchev–Trinajstić information content (AvgIpc) is 3.13. The molecule has 1 atom stereocenters. The van der Waals surface area contributed by atoms with Gasteiger partial charge in [0.15, 0.2) is 0 Å². The van der Waals surface area contributed by atoms with E-state index >= 15 is 0 Å². The number of thioether (sulfide) groups is 1. The lowest BCUT2D eigenvalue weighted by molar-refractivity contribution is -0.124. The number of carbonyl (C=O) groups excluding carboxylic acids is 2. The quantitative estimate of drug-likeness (QED) is 0.894. The van der Waals surface area contributed by atoms with Crippen molar-refractivity contribution >= 4 is 23.6 Å². The third kappa shape index (κ3) is 4.39. The molecule has 0 aliphatic carbocycles. The number of halogens is 1. The SMILES string of the molecule is O=C(NCCc1ccc(F)cc1)C1CSCN1C(=O)c1ccccc1. The Hall–Kier alpha value is -2.34. The molecule has 2 aromatic carbocycles. The first-order valence-corrected chi connectivity index (χ1v) is 9.26. The van der Waals surface area contributed by atoms with Crippen LogP contribution in [-0.2, 0) is 11.2 Å². The van der Waals surface area contributed by atoms with Crippen molar-refractivity contribution in [1.82, 2.24) is 10.2 Å². The summed E-state index contributed by atoms with van der Waals surface area (Å²) in [6.45, 7) is 0.457. The topological polar surface area (TPSA) is 49.4 Å². The van der Waals surface area contributed by atoms with E-state index in [4.69, 9.17) is 0 Å². The summed E-state index contributed by atoms with van der Waals surface area (Å²) in [7, 11) is 0. The van der Waals surface area contributed by atoms with E-state index in [0.717, 1.165) is 5.56 Å². The molecular formula is C19H19FN2O2S. The highest BCUT2D eigenvalue weighted by Crippen LogP contribution is 2.23. The summed E-state index contributed by atoms with van der Waals surface area (Å²) in [5.74, 6) is 0.580. The van der Waals surface area contributed by atoms with Gasteiger partial charge in [0.25, 0.3) is 5.91 Å². The predicted octanol–water partition coefficient (Wildman–Crippen LogP) is 2.70. The van der Waals surface area contributed by atoms with Crippen LogP contribution in [0.15, 0.2) is 54.6 Å². The number of hydrogen-bond donors (Lipinski definition) is 1. The van der Waals surface area contributed by atoms with E-state index < -0.39 is 6.04 Å². The largest absolute Gasteiger partial charge is 0.354 e. The van der Waals surface area contributed by atoms with Crippen molar-refractivity contribution < 1.29 is 14.0 Å².